The fraction of sp³-hybridized carbons (Fsp3) is 0.538. The van der Waals surface area contributed by atoms with Crippen molar-refractivity contribution in [1.82, 2.24) is 5.32 Å². The lowest BCUT2D eigenvalue weighted by atomic mass is 10.1. The molecule has 0 radical (unpaired) electrons. The number of nitrogens with one attached hydrogen (secondary N) is 1. The van der Waals surface area contributed by atoms with Gasteiger partial charge in [0.05, 0.1) is 5.75 Å². The molecule has 102 valence electrons. The summed E-state index contributed by atoms with van der Waals surface area (Å²) in [4.78, 5) is 0. The number of alkyl halides is 1. The molecule has 0 fully saturated rings. The summed E-state index contributed by atoms with van der Waals surface area (Å²) in [6.07, 6.45) is 0.663. The lowest BCUT2D eigenvalue weighted by molar-refractivity contribution is 0.590. The molecule has 1 aromatic carbocycles. The third-order valence-corrected chi connectivity index (χ3v) is 4.85. The van der Waals surface area contributed by atoms with Gasteiger partial charge >= 0.3 is 0 Å². The molecule has 0 aliphatic rings. The lowest BCUT2D eigenvalue weighted by Crippen LogP contribution is -2.19. The third-order valence-electron chi connectivity index (χ3n) is 2.76. The molecule has 0 amide bonds. The molecule has 0 aromatic heterocycles. The summed E-state index contributed by atoms with van der Waals surface area (Å²) in [6, 6.07) is 8.08. The fourth-order valence-electron chi connectivity index (χ4n) is 1.54. The van der Waals surface area contributed by atoms with E-state index >= 15 is 0 Å². The minimum absolute atomic E-state index is 0.229. The first-order chi connectivity index (χ1) is 8.57. The monoisotopic (exact) mass is 289 g/mol. The zero-order valence-corrected chi connectivity index (χ0v) is 12.2. The predicted octanol–water partition coefficient (Wildman–Crippen LogP) is 2.34. The highest BCUT2D eigenvalue weighted by molar-refractivity contribution is 7.91. The van der Waals surface area contributed by atoms with E-state index in [9.17, 15) is 8.42 Å². The average Bonchev–Trinajstić information content (AvgIpc) is 2.39. The van der Waals surface area contributed by atoms with Gasteiger partial charge in [-0.2, -0.15) is 0 Å². The summed E-state index contributed by atoms with van der Waals surface area (Å²) in [7, 11) is -2.83. The van der Waals surface area contributed by atoms with Gasteiger partial charge in [0.2, 0.25) is 0 Å². The standard InChI is InChI=1S/C13H20ClNO2S/c1-2-18(16,17)9-3-8-15-11-13-6-4-12(10-14)5-7-13/h4-7,15H,2-3,8-11H2,1H3. The van der Waals surface area contributed by atoms with E-state index in [-0.39, 0.29) is 11.5 Å². The molecule has 0 saturated heterocycles. The number of hydrogen-bond donors (Lipinski definition) is 1. The van der Waals surface area contributed by atoms with Crippen molar-refractivity contribution >= 4 is 21.4 Å². The Morgan fingerprint density at radius 1 is 1.17 bits per heavy atom. The topological polar surface area (TPSA) is 46.2 Å². The zero-order chi connectivity index (χ0) is 13.4. The normalized spacial score (nSPS) is 11.7. The first-order valence-corrected chi connectivity index (χ1v) is 8.48. The van der Waals surface area contributed by atoms with Crippen molar-refractivity contribution in [3.05, 3.63) is 35.4 Å². The second-order valence-corrected chi connectivity index (χ2v) is 6.96. The molecule has 0 aliphatic carbocycles. The van der Waals surface area contributed by atoms with Gasteiger partial charge in [-0.3, -0.25) is 0 Å². The van der Waals surface area contributed by atoms with Crippen molar-refractivity contribution in [2.24, 2.45) is 0 Å². The molecule has 3 nitrogen and oxygen atoms in total. The lowest BCUT2D eigenvalue weighted by Gasteiger charge is -2.05. The molecular weight excluding hydrogens is 270 g/mol. The van der Waals surface area contributed by atoms with E-state index < -0.39 is 9.84 Å². The Morgan fingerprint density at radius 2 is 1.78 bits per heavy atom. The summed E-state index contributed by atoms with van der Waals surface area (Å²) in [6.45, 7) is 3.16. The number of benzene rings is 1. The van der Waals surface area contributed by atoms with Crippen LogP contribution in [-0.4, -0.2) is 26.5 Å². The van der Waals surface area contributed by atoms with Crippen molar-refractivity contribution in [3.8, 4) is 0 Å². The molecule has 18 heavy (non-hydrogen) atoms. The highest BCUT2D eigenvalue weighted by Gasteiger charge is 2.05. The van der Waals surface area contributed by atoms with Gasteiger partial charge in [0, 0.05) is 18.2 Å². The maximum atomic E-state index is 11.3. The maximum absolute atomic E-state index is 11.3. The molecule has 0 unspecified atom stereocenters. The van der Waals surface area contributed by atoms with Gasteiger partial charge in [0.15, 0.2) is 0 Å². The maximum Gasteiger partial charge on any atom is 0.150 e. The van der Waals surface area contributed by atoms with Crippen molar-refractivity contribution in [1.29, 1.82) is 0 Å². The second kappa shape index (κ2) is 7.77. The summed E-state index contributed by atoms with van der Waals surface area (Å²) in [5.74, 6) is 1.02. The zero-order valence-electron chi connectivity index (χ0n) is 10.7. The Labute approximate surface area is 114 Å². The number of hydrogen-bond acceptors (Lipinski definition) is 3. The molecule has 0 spiro atoms. The minimum atomic E-state index is -2.83. The largest absolute Gasteiger partial charge is 0.313 e. The predicted molar refractivity (Wildman–Crippen MR) is 76.7 cm³/mol. The van der Waals surface area contributed by atoms with Gasteiger partial charge in [0.25, 0.3) is 0 Å². The van der Waals surface area contributed by atoms with E-state index in [2.05, 4.69) is 5.32 Å². The molecule has 1 N–H and O–H groups in total. The molecule has 1 rings (SSSR count). The van der Waals surface area contributed by atoms with E-state index in [1.807, 2.05) is 24.3 Å². The summed E-state index contributed by atoms with van der Waals surface area (Å²) >= 11 is 5.71. The van der Waals surface area contributed by atoms with Crippen LogP contribution in [0.4, 0.5) is 0 Å². The molecule has 0 saturated carbocycles. The first kappa shape index (κ1) is 15.5. The molecule has 1 aromatic rings. The van der Waals surface area contributed by atoms with Crippen molar-refractivity contribution in [2.75, 3.05) is 18.1 Å². The number of sulfone groups is 1. The van der Waals surface area contributed by atoms with E-state index in [4.69, 9.17) is 11.6 Å². The molecule has 0 heterocycles. The Hall–Kier alpha value is -0.580. The Kier molecular flexibility index (Phi) is 6.68. The van der Waals surface area contributed by atoms with E-state index in [0.29, 0.717) is 12.3 Å². The molecular formula is C13H20ClNO2S. The summed E-state index contributed by atoms with van der Waals surface area (Å²) in [5.41, 5.74) is 2.29. The minimum Gasteiger partial charge on any atom is -0.313 e. The Bertz CT molecular complexity index is 443. The average molecular weight is 290 g/mol. The van der Waals surface area contributed by atoms with Gasteiger partial charge in [-0.25, -0.2) is 8.42 Å². The third kappa shape index (κ3) is 5.85. The van der Waals surface area contributed by atoms with Crippen LogP contribution in [0, 0.1) is 0 Å². The first-order valence-electron chi connectivity index (χ1n) is 6.12. The molecule has 0 atom stereocenters. The van der Waals surface area contributed by atoms with E-state index in [0.717, 1.165) is 18.7 Å². The van der Waals surface area contributed by atoms with E-state index in [1.54, 1.807) is 6.92 Å². The molecule has 0 bridgehead atoms. The van der Waals surface area contributed by atoms with Crippen molar-refractivity contribution in [2.45, 2.75) is 25.8 Å². The van der Waals surface area contributed by atoms with Crippen LogP contribution in [0.15, 0.2) is 24.3 Å². The number of halogens is 1. The van der Waals surface area contributed by atoms with Gasteiger partial charge in [-0.1, -0.05) is 31.2 Å². The van der Waals surface area contributed by atoms with Crippen LogP contribution in [0.2, 0.25) is 0 Å². The van der Waals surface area contributed by atoms with Gasteiger partial charge in [0.1, 0.15) is 9.84 Å². The SMILES string of the molecule is CCS(=O)(=O)CCCNCc1ccc(CCl)cc1. The highest BCUT2D eigenvalue weighted by Crippen LogP contribution is 2.06. The van der Waals surface area contributed by atoms with Crippen LogP contribution in [0.3, 0.4) is 0 Å². The summed E-state index contributed by atoms with van der Waals surface area (Å²) in [5, 5.41) is 3.24. The van der Waals surface area contributed by atoms with Gasteiger partial charge in [-0.05, 0) is 24.1 Å². The van der Waals surface area contributed by atoms with Crippen LogP contribution >= 0.6 is 11.6 Å². The fourth-order valence-corrected chi connectivity index (χ4v) is 2.59. The van der Waals surface area contributed by atoms with Crippen LogP contribution in [-0.2, 0) is 22.3 Å². The van der Waals surface area contributed by atoms with Gasteiger partial charge < -0.3 is 5.32 Å². The second-order valence-electron chi connectivity index (χ2n) is 4.22. The number of rotatable bonds is 8. The van der Waals surface area contributed by atoms with Crippen LogP contribution in [0.25, 0.3) is 0 Å². The van der Waals surface area contributed by atoms with Crippen LogP contribution in [0.1, 0.15) is 24.5 Å². The quantitative estimate of drug-likeness (QED) is 0.590. The highest BCUT2D eigenvalue weighted by atomic mass is 35.5. The van der Waals surface area contributed by atoms with Gasteiger partial charge in [-0.15, -0.1) is 11.6 Å². The van der Waals surface area contributed by atoms with Crippen molar-refractivity contribution in [3.63, 3.8) is 0 Å². The Morgan fingerprint density at radius 3 is 2.33 bits per heavy atom. The molecule has 0 aliphatic heterocycles. The smallest absolute Gasteiger partial charge is 0.150 e. The van der Waals surface area contributed by atoms with Crippen LogP contribution in [0.5, 0.6) is 0 Å². The van der Waals surface area contributed by atoms with E-state index in [1.165, 1.54) is 5.56 Å². The Balaban J connectivity index is 2.21. The van der Waals surface area contributed by atoms with Crippen LogP contribution < -0.4 is 5.32 Å². The molecule has 5 heteroatoms. The van der Waals surface area contributed by atoms with Crippen molar-refractivity contribution < 1.29 is 8.42 Å². The summed E-state index contributed by atoms with van der Waals surface area (Å²) < 4.78 is 22.5.